The van der Waals surface area contributed by atoms with E-state index in [9.17, 15) is 19.5 Å². The molecule has 6 N–H and O–H groups in total. The standard InChI is InChI=1S/C26H32N4O4/c1-3-16(2)23(26(33)34)30-25(32)22(14-18-15-28-21-12-8-7-11-19(18)21)29-24(31)20(27)13-17-9-5-4-6-10-17/h4-12,15-16,20,22-23,28H,3,13-14,27H2,1-2H3,(H,29,31)(H,30,32)(H,33,34)/t16-,20-,22-,23-/m0/s1. The highest BCUT2D eigenvalue weighted by Crippen LogP contribution is 2.19. The molecule has 0 saturated heterocycles. The Morgan fingerprint density at radius 2 is 1.65 bits per heavy atom. The van der Waals surface area contributed by atoms with Crippen molar-refractivity contribution in [3.63, 3.8) is 0 Å². The number of hydrogen-bond acceptors (Lipinski definition) is 4. The largest absolute Gasteiger partial charge is 0.480 e. The van der Waals surface area contributed by atoms with Crippen molar-refractivity contribution in [1.82, 2.24) is 15.6 Å². The summed E-state index contributed by atoms with van der Waals surface area (Å²) in [6.45, 7) is 3.63. The minimum Gasteiger partial charge on any atom is -0.480 e. The first-order chi connectivity index (χ1) is 16.3. The fourth-order valence-electron chi connectivity index (χ4n) is 3.91. The molecule has 8 nitrogen and oxygen atoms in total. The van der Waals surface area contributed by atoms with Crippen LogP contribution in [0.15, 0.2) is 60.8 Å². The summed E-state index contributed by atoms with van der Waals surface area (Å²) >= 11 is 0. The predicted octanol–water partition coefficient (Wildman–Crippen LogP) is 2.38. The van der Waals surface area contributed by atoms with E-state index < -0.39 is 35.9 Å². The molecule has 2 aromatic carbocycles. The van der Waals surface area contributed by atoms with Gasteiger partial charge in [0.05, 0.1) is 6.04 Å². The third-order valence-electron chi connectivity index (χ3n) is 6.14. The Bertz CT molecular complexity index is 1130. The molecule has 0 saturated carbocycles. The van der Waals surface area contributed by atoms with Crippen molar-refractivity contribution in [2.45, 2.75) is 51.2 Å². The average Bonchev–Trinajstić information content (AvgIpc) is 3.24. The first-order valence-corrected chi connectivity index (χ1v) is 11.5. The molecular formula is C26H32N4O4. The number of para-hydroxylation sites is 1. The Morgan fingerprint density at radius 1 is 0.971 bits per heavy atom. The third kappa shape index (κ3) is 6.23. The number of carbonyl (C=O) groups excluding carboxylic acids is 2. The molecule has 0 aliphatic heterocycles. The van der Waals surface area contributed by atoms with E-state index in [1.54, 1.807) is 13.1 Å². The summed E-state index contributed by atoms with van der Waals surface area (Å²) in [6.07, 6.45) is 2.88. The third-order valence-corrected chi connectivity index (χ3v) is 6.14. The van der Waals surface area contributed by atoms with Crippen molar-refractivity contribution in [3.8, 4) is 0 Å². The summed E-state index contributed by atoms with van der Waals surface area (Å²) < 4.78 is 0. The Morgan fingerprint density at radius 3 is 2.32 bits per heavy atom. The lowest BCUT2D eigenvalue weighted by Crippen LogP contribution is -2.56. The van der Waals surface area contributed by atoms with E-state index in [2.05, 4.69) is 15.6 Å². The summed E-state index contributed by atoms with van der Waals surface area (Å²) in [5, 5.41) is 15.9. The molecule has 0 spiro atoms. The Hall–Kier alpha value is -3.65. The Balaban J connectivity index is 1.81. The van der Waals surface area contributed by atoms with Crippen LogP contribution in [0.3, 0.4) is 0 Å². The highest BCUT2D eigenvalue weighted by Gasteiger charge is 2.31. The average molecular weight is 465 g/mol. The minimum atomic E-state index is -1.11. The normalized spacial score (nSPS) is 14.7. The molecule has 34 heavy (non-hydrogen) atoms. The van der Waals surface area contributed by atoms with Crippen LogP contribution < -0.4 is 16.4 Å². The first-order valence-electron chi connectivity index (χ1n) is 11.5. The molecule has 0 radical (unpaired) electrons. The van der Waals surface area contributed by atoms with Gasteiger partial charge in [0.25, 0.3) is 0 Å². The molecule has 0 bridgehead atoms. The molecule has 3 aromatic rings. The fourth-order valence-corrected chi connectivity index (χ4v) is 3.91. The van der Waals surface area contributed by atoms with Crippen LogP contribution in [0.4, 0.5) is 0 Å². The molecule has 0 unspecified atom stereocenters. The summed E-state index contributed by atoms with van der Waals surface area (Å²) in [7, 11) is 0. The van der Waals surface area contributed by atoms with Crippen molar-refractivity contribution in [3.05, 3.63) is 71.9 Å². The van der Waals surface area contributed by atoms with Crippen molar-refractivity contribution < 1.29 is 19.5 Å². The van der Waals surface area contributed by atoms with Gasteiger partial charge in [-0.3, -0.25) is 9.59 Å². The number of carboxylic acid groups (broad SMARTS) is 1. The molecule has 180 valence electrons. The van der Waals surface area contributed by atoms with E-state index >= 15 is 0 Å². The van der Waals surface area contributed by atoms with Crippen LogP contribution in [0, 0.1) is 5.92 Å². The van der Waals surface area contributed by atoms with Gasteiger partial charge in [-0.15, -0.1) is 0 Å². The molecule has 1 aromatic heterocycles. The molecule has 0 aliphatic rings. The van der Waals surface area contributed by atoms with Crippen molar-refractivity contribution in [1.29, 1.82) is 0 Å². The van der Waals surface area contributed by atoms with Crippen LogP contribution in [0.2, 0.25) is 0 Å². The molecule has 3 rings (SSSR count). The highest BCUT2D eigenvalue weighted by molar-refractivity contribution is 5.93. The first kappa shape index (κ1) is 25.0. The van der Waals surface area contributed by atoms with Gasteiger partial charge in [0.15, 0.2) is 0 Å². The molecular weight excluding hydrogens is 432 g/mol. The molecule has 4 atom stereocenters. The van der Waals surface area contributed by atoms with Gasteiger partial charge in [0.1, 0.15) is 12.1 Å². The second-order valence-corrected chi connectivity index (χ2v) is 8.63. The Labute approximate surface area is 198 Å². The number of nitrogens with one attached hydrogen (secondary N) is 3. The fraction of sp³-hybridized carbons (Fsp3) is 0.346. The van der Waals surface area contributed by atoms with Gasteiger partial charge in [-0.05, 0) is 29.5 Å². The highest BCUT2D eigenvalue weighted by atomic mass is 16.4. The monoisotopic (exact) mass is 464 g/mol. The maximum atomic E-state index is 13.2. The van der Waals surface area contributed by atoms with Crippen molar-refractivity contribution in [2.75, 3.05) is 0 Å². The van der Waals surface area contributed by atoms with Crippen LogP contribution in [-0.2, 0) is 27.2 Å². The number of nitrogens with two attached hydrogens (primary N) is 1. The van der Waals surface area contributed by atoms with E-state index in [0.717, 1.165) is 22.0 Å². The number of carbonyl (C=O) groups is 3. The van der Waals surface area contributed by atoms with E-state index in [1.807, 2.05) is 61.5 Å². The van der Waals surface area contributed by atoms with Gasteiger partial charge < -0.3 is 26.5 Å². The summed E-state index contributed by atoms with van der Waals surface area (Å²) in [6, 6.07) is 14.1. The zero-order valence-corrected chi connectivity index (χ0v) is 19.5. The van der Waals surface area contributed by atoms with Gasteiger partial charge in [-0.2, -0.15) is 0 Å². The number of hydrogen-bond donors (Lipinski definition) is 5. The van der Waals surface area contributed by atoms with Crippen LogP contribution >= 0.6 is 0 Å². The predicted molar refractivity (Wildman–Crippen MR) is 131 cm³/mol. The van der Waals surface area contributed by atoms with Gasteiger partial charge in [0.2, 0.25) is 11.8 Å². The molecule has 0 aliphatic carbocycles. The van der Waals surface area contributed by atoms with E-state index in [1.165, 1.54) is 0 Å². The maximum Gasteiger partial charge on any atom is 0.326 e. The molecule has 2 amide bonds. The quantitative estimate of drug-likeness (QED) is 0.297. The van der Waals surface area contributed by atoms with Gasteiger partial charge in [-0.1, -0.05) is 68.8 Å². The Kier molecular flexibility index (Phi) is 8.43. The number of amides is 2. The second kappa shape index (κ2) is 11.5. The summed E-state index contributed by atoms with van der Waals surface area (Å²) in [4.78, 5) is 41.1. The summed E-state index contributed by atoms with van der Waals surface area (Å²) in [5.74, 6) is -2.41. The van der Waals surface area contributed by atoms with E-state index in [0.29, 0.717) is 12.8 Å². The van der Waals surface area contributed by atoms with Crippen molar-refractivity contribution >= 4 is 28.7 Å². The summed E-state index contributed by atoms with van der Waals surface area (Å²) in [5.41, 5.74) is 8.79. The number of rotatable bonds is 11. The molecule has 8 heteroatoms. The topological polar surface area (TPSA) is 137 Å². The number of H-pyrrole nitrogens is 1. The van der Waals surface area contributed by atoms with Crippen LogP contribution in [0.25, 0.3) is 10.9 Å². The number of carboxylic acids is 1. The van der Waals surface area contributed by atoms with Crippen LogP contribution in [-0.4, -0.2) is 46.0 Å². The van der Waals surface area contributed by atoms with Crippen molar-refractivity contribution in [2.24, 2.45) is 11.7 Å². The number of benzene rings is 2. The lowest BCUT2D eigenvalue weighted by molar-refractivity contribution is -0.143. The molecule has 0 fully saturated rings. The number of aliphatic carboxylic acids is 1. The van der Waals surface area contributed by atoms with E-state index in [-0.39, 0.29) is 12.3 Å². The minimum absolute atomic E-state index is 0.187. The maximum absolute atomic E-state index is 13.2. The number of fused-ring (bicyclic) bond motifs is 1. The lowest BCUT2D eigenvalue weighted by Gasteiger charge is -2.25. The van der Waals surface area contributed by atoms with Gasteiger partial charge in [-0.25, -0.2) is 4.79 Å². The number of aromatic nitrogens is 1. The number of aromatic amines is 1. The zero-order valence-electron chi connectivity index (χ0n) is 19.5. The second-order valence-electron chi connectivity index (χ2n) is 8.63. The van der Waals surface area contributed by atoms with E-state index in [4.69, 9.17) is 5.73 Å². The molecule has 1 heterocycles. The smallest absolute Gasteiger partial charge is 0.326 e. The zero-order chi connectivity index (χ0) is 24.7. The van der Waals surface area contributed by atoms with Gasteiger partial charge in [0, 0.05) is 23.5 Å². The SMILES string of the molecule is CC[C@H](C)[C@H](NC(=O)[C@H](Cc1c[nH]c2ccccc12)NC(=O)[C@@H](N)Cc1ccccc1)C(=O)O. The van der Waals surface area contributed by atoms with Gasteiger partial charge >= 0.3 is 5.97 Å². The van der Waals surface area contributed by atoms with Crippen LogP contribution in [0.1, 0.15) is 31.4 Å². The van der Waals surface area contributed by atoms with Crippen LogP contribution in [0.5, 0.6) is 0 Å². The lowest BCUT2D eigenvalue weighted by atomic mass is 9.97.